The van der Waals surface area contributed by atoms with Crippen molar-refractivity contribution in [2.75, 3.05) is 18.4 Å². The predicted molar refractivity (Wildman–Crippen MR) is 69.9 cm³/mol. The third-order valence-corrected chi connectivity index (χ3v) is 3.43. The summed E-state index contributed by atoms with van der Waals surface area (Å²) in [6, 6.07) is 9.86. The molecule has 2 rings (SSSR count). The molecule has 0 aromatic heterocycles. The lowest BCUT2D eigenvalue weighted by Crippen LogP contribution is -2.39. The second-order valence-electron chi connectivity index (χ2n) is 4.88. The van der Waals surface area contributed by atoms with E-state index in [-0.39, 0.29) is 0 Å². The highest BCUT2D eigenvalue weighted by Gasteiger charge is 2.22. The standard InChI is InChI=1S/C14H22N2/c1-4-16(11(2)3)10-13-9-12-7-5-6-8-14(12)15-13/h5-8,11,13,15H,4,9-10H2,1-3H3. The van der Waals surface area contributed by atoms with Gasteiger partial charge in [-0.15, -0.1) is 0 Å². The summed E-state index contributed by atoms with van der Waals surface area (Å²) in [5, 5.41) is 3.61. The van der Waals surface area contributed by atoms with Crippen molar-refractivity contribution in [2.24, 2.45) is 0 Å². The Labute approximate surface area is 98.7 Å². The molecule has 16 heavy (non-hydrogen) atoms. The fourth-order valence-electron chi connectivity index (χ4n) is 2.47. The molecule has 0 aliphatic carbocycles. The largest absolute Gasteiger partial charge is 0.380 e. The van der Waals surface area contributed by atoms with Gasteiger partial charge in [-0.1, -0.05) is 25.1 Å². The Morgan fingerprint density at radius 2 is 2.12 bits per heavy atom. The number of nitrogens with one attached hydrogen (secondary N) is 1. The van der Waals surface area contributed by atoms with E-state index >= 15 is 0 Å². The maximum absolute atomic E-state index is 3.61. The first kappa shape index (κ1) is 11.5. The summed E-state index contributed by atoms with van der Waals surface area (Å²) in [7, 11) is 0. The highest BCUT2D eigenvalue weighted by Crippen LogP contribution is 2.25. The van der Waals surface area contributed by atoms with E-state index < -0.39 is 0 Å². The minimum Gasteiger partial charge on any atom is -0.380 e. The fraction of sp³-hybridized carbons (Fsp3) is 0.571. The van der Waals surface area contributed by atoms with Gasteiger partial charge in [0.2, 0.25) is 0 Å². The average Bonchev–Trinajstić information content (AvgIpc) is 2.67. The van der Waals surface area contributed by atoms with Gasteiger partial charge in [0.15, 0.2) is 0 Å². The van der Waals surface area contributed by atoms with Gasteiger partial charge >= 0.3 is 0 Å². The third kappa shape index (κ3) is 2.38. The number of hydrogen-bond donors (Lipinski definition) is 1. The van der Waals surface area contributed by atoms with E-state index in [1.54, 1.807) is 0 Å². The third-order valence-electron chi connectivity index (χ3n) is 3.43. The van der Waals surface area contributed by atoms with Gasteiger partial charge in [-0.3, -0.25) is 4.90 Å². The van der Waals surface area contributed by atoms with Gasteiger partial charge in [0, 0.05) is 24.3 Å². The molecule has 1 aromatic carbocycles. The van der Waals surface area contributed by atoms with Gasteiger partial charge in [0.05, 0.1) is 0 Å². The Balaban J connectivity index is 1.96. The van der Waals surface area contributed by atoms with Crippen LogP contribution in [0, 0.1) is 0 Å². The van der Waals surface area contributed by atoms with Crippen LogP contribution in [0.25, 0.3) is 0 Å². The van der Waals surface area contributed by atoms with E-state index in [0.717, 1.165) is 13.1 Å². The number of hydrogen-bond acceptors (Lipinski definition) is 2. The van der Waals surface area contributed by atoms with Crippen LogP contribution in [0.1, 0.15) is 26.3 Å². The maximum Gasteiger partial charge on any atom is 0.0429 e. The molecule has 1 aliphatic heterocycles. The number of fused-ring (bicyclic) bond motifs is 1. The van der Waals surface area contributed by atoms with Crippen molar-refractivity contribution in [3.05, 3.63) is 29.8 Å². The lowest BCUT2D eigenvalue weighted by atomic mass is 10.1. The molecular formula is C14H22N2. The Morgan fingerprint density at radius 1 is 1.38 bits per heavy atom. The fourth-order valence-corrected chi connectivity index (χ4v) is 2.47. The number of benzene rings is 1. The second-order valence-corrected chi connectivity index (χ2v) is 4.88. The Morgan fingerprint density at radius 3 is 2.75 bits per heavy atom. The zero-order valence-corrected chi connectivity index (χ0v) is 10.5. The van der Waals surface area contributed by atoms with Crippen molar-refractivity contribution in [2.45, 2.75) is 39.3 Å². The van der Waals surface area contributed by atoms with E-state index in [4.69, 9.17) is 0 Å². The quantitative estimate of drug-likeness (QED) is 0.836. The van der Waals surface area contributed by atoms with Crippen molar-refractivity contribution < 1.29 is 0 Å². The molecule has 0 bridgehead atoms. The van der Waals surface area contributed by atoms with Crippen molar-refractivity contribution in [3.63, 3.8) is 0 Å². The van der Waals surface area contributed by atoms with Crippen LogP contribution < -0.4 is 5.32 Å². The SMILES string of the molecule is CCN(CC1Cc2ccccc2N1)C(C)C. The van der Waals surface area contributed by atoms with Crippen LogP contribution >= 0.6 is 0 Å². The van der Waals surface area contributed by atoms with Gasteiger partial charge in [0.1, 0.15) is 0 Å². The van der Waals surface area contributed by atoms with Gasteiger partial charge in [-0.2, -0.15) is 0 Å². The second kappa shape index (κ2) is 4.88. The van der Waals surface area contributed by atoms with Gasteiger partial charge in [-0.25, -0.2) is 0 Å². The molecule has 88 valence electrons. The molecule has 0 spiro atoms. The highest BCUT2D eigenvalue weighted by atomic mass is 15.2. The van der Waals surface area contributed by atoms with Crippen LogP contribution in [0.3, 0.4) is 0 Å². The van der Waals surface area contributed by atoms with Crippen LogP contribution in [0.5, 0.6) is 0 Å². The van der Waals surface area contributed by atoms with Crippen LogP contribution in [0.4, 0.5) is 5.69 Å². The Bertz CT molecular complexity index is 321. The van der Waals surface area contributed by atoms with Crippen molar-refractivity contribution in [1.82, 2.24) is 4.90 Å². The van der Waals surface area contributed by atoms with E-state index in [1.807, 2.05) is 0 Å². The van der Waals surface area contributed by atoms with E-state index in [1.165, 1.54) is 17.7 Å². The molecule has 0 saturated heterocycles. The summed E-state index contributed by atoms with van der Waals surface area (Å²) in [5.41, 5.74) is 2.79. The van der Waals surface area contributed by atoms with Crippen LogP contribution in [0.15, 0.2) is 24.3 Å². The molecule has 1 atom stereocenters. The summed E-state index contributed by atoms with van der Waals surface area (Å²) in [6.45, 7) is 9.05. The maximum atomic E-state index is 3.61. The minimum absolute atomic E-state index is 0.583. The Kier molecular flexibility index (Phi) is 3.49. The summed E-state index contributed by atoms with van der Waals surface area (Å²) in [5.74, 6) is 0. The van der Waals surface area contributed by atoms with Gasteiger partial charge in [0.25, 0.3) is 0 Å². The smallest absolute Gasteiger partial charge is 0.0429 e. The molecule has 1 heterocycles. The lowest BCUT2D eigenvalue weighted by molar-refractivity contribution is 0.225. The van der Waals surface area contributed by atoms with Crippen LogP contribution in [-0.4, -0.2) is 30.1 Å². The number of rotatable bonds is 4. The number of nitrogens with zero attached hydrogens (tertiary/aromatic N) is 1. The molecule has 0 amide bonds. The number of likely N-dealkylation sites (N-methyl/N-ethyl adjacent to an activating group) is 1. The summed E-state index contributed by atoms with van der Waals surface area (Å²) in [6.07, 6.45) is 1.17. The zero-order valence-electron chi connectivity index (χ0n) is 10.5. The molecule has 0 fully saturated rings. The Hall–Kier alpha value is -1.02. The van der Waals surface area contributed by atoms with Crippen molar-refractivity contribution >= 4 is 5.69 Å². The number of para-hydroxylation sites is 1. The van der Waals surface area contributed by atoms with E-state index in [2.05, 4.69) is 55.3 Å². The zero-order chi connectivity index (χ0) is 11.5. The lowest BCUT2D eigenvalue weighted by Gasteiger charge is -2.28. The van der Waals surface area contributed by atoms with Gasteiger partial charge in [-0.05, 0) is 38.4 Å². The highest BCUT2D eigenvalue weighted by molar-refractivity contribution is 5.56. The monoisotopic (exact) mass is 218 g/mol. The molecule has 2 nitrogen and oxygen atoms in total. The molecule has 1 N–H and O–H groups in total. The molecular weight excluding hydrogens is 196 g/mol. The molecule has 0 radical (unpaired) electrons. The van der Waals surface area contributed by atoms with E-state index in [9.17, 15) is 0 Å². The van der Waals surface area contributed by atoms with Crippen LogP contribution in [0.2, 0.25) is 0 Å². The molecule has 1 aromatic rings. The van der Waals surface area contributed by atoms with Crippen LogP contribution in [-0.2, 0) is 6.42 Å². The first-order valence-corrected chi connectivity index (χ1v) is 6.29. The van der Waals surface area contributed by atoms with Crippen molar-refractivity contribution in [3.8, 4) is 0 Å². The normalized spacial score (nSPS) is 18.9. The number of anilines is 1. The predicted octanol–water partition coefficient (Wildman–Crippen LogP) is 2.75. The van der Waals surface area contributed by atoms with Crippen molar-refractivity contribution in [1.29, 1.82) is 0 Å². The summed E-state index contributed by atoms with van der Waals surface area (Å²) in [4.78, 5) is 2.52. The first-order valence-electron chi connectivity index (χ1n) is 6.29. The average molecular weight is 218 g/mol. The molecule has 1 aliphatic rings. The molecule has 1 unspecified atom stereocenters. The first-order chi connectivity index (χ1) is 7.70. The molecule has 0 saturated carbocycles. The summed E-state index contributed by atoms with van der Waals surface area (Å²) < 4.78 is 0. The topological polar surface area (TPSA) is 15.3 Å². The minimum atomic E-state index is 0.583. The van der Waals surface area contributed by atoms with E-state index in [0.29, 0.717) is 12.1 Å². The summed E-state index contributed by atoms with van der Waals surface area (Å²) >= 11 is 0. The molecule has 2 heteroatoms. The van der Waals surface area contributed by atoms with Gasteiger partial charge < -0.3 is 5.32 Å².